The van der Waals surface area contributed by atoms with Crippen molar-refractivity contribution in [3.63, 3.8) is 0 Å². The largest absolute Gasteiger partial charge is 0.496 e. The van der Waals surface area contributed by atoms with Gasteiger partial charge in [-0.1, -0.05) is 58.0 Å². The van der Waals surface area contributed by atoms with Crippen molar-refractivity contribution in [1.82, 2.24) is 15.0 Å². The van der Waals surface area contributed by atoms with Crippen LogP contribution in [-0.4, -0.2) is 34.5 Å². The summed E-state index contributed by atoms with van der Waals surface area (Å²) in [6.07, 6.45) is 1.51. The molecule has 4 rings (SSSR count). The van der Waals surface area contributed by atoms with Crippen LogP contribution in [0.15, 0.2) is 92.3 Å². The monoisotopic (exact) mass is 522 g/mol. The van der Waals surface area contributed by atoms with Gasteiger partial charge in [-0.05, 0) is 42.5 Å². The van der Waals surface area contributed by atoms with Gasteiger partial charge in [0, 0.05) is 10.0 Å². The van der Waals surface area contributed by atoms with E-state index >= 15 is 0 Å². The molecule has 0 saturated heterocycles. The van der Waals surface area contributed by atoms with Crippen LogP contribution >= 0.6 is 27.7 Å². The van der Waals surface area contributed by atoms with Crippen LogP contribution < -0.4 is 15.7 Å². The van der Waals surface area contributed by atoms with Gasteiger partial charge < -0.3 is 4.74 Å². The Balaban J connectivity index is 1.54. The molecule has 0 radical (unpaired) electrons. The number of para-hydroxylation sites is 2. The van der Waals surface area contributed by atoms with Crippen molar-refractivity contribution in [2.45, 2.75) is 5.16 Å². The lowest BCUT2D eigenvalue weighted by atomic mass is 10.2. The third-order valence-electron chi connectivity index (χ3n) is 4.68. The predicted octanol–water partition coefficient (Wildman–Crippen LogP) is 4.40. The van der Waals surface area contributed by atoms with Gasteiger partial charge >= 0.3 is 0 Å². The van der Waals surface area contributed by atoms with Gasteiger partial charge in [-0.15, -0.1) is 0 Å². The molecule has 1 aromatic heterocycles. The molecule has 0 aliphatic rings. The van der Waals surface area contributed by atoms with E-state index < -0.39 is 0 Å². The number of hydrogen-bond donors (Lipinski definition) is 1. The van der Waals surface area contributed by atoms with Crippen molar-refractivity contribution in [2.24, 2.45) is 5.10 Å². The molecule has 0 fully saturated rings. The zero-order chi connectivity index (χ0) is 23.2. The number of halogens is 1. The summed E-state index contributed by atoms with van der Waals surface area (Å²) in [7, 11) is 1.57. The Kier molecular flexibility index (Phi) is 7.21. The van der Waals surface area contributed by atoms with Crippen LogP contribution in [0.2, 0.25) is 0 Å². The number of benzene rings is 3. The number of aromatic nitrogens is 2. The molecule has 0 bridgehead atoms. The standard InChI is InChI=1S/C24H19BrN4O3S/c1-32-21-12-11-17(25)13-16(21)14-26-28-22(30)15-33-24-27-20-10-6-5-9-19(20)23(31)29(24)18-7-3-2-4-8-18/h2-14H,15H2,1H3,(H,28,30). The molecule has 0 atom stereocenters. The summed E-state index contributed by atoms with van der Waals surface area (Å²) in [4.78, 5) is 30.2. The molecule has 1 N–H and O–H groups in total. The van der Waals surface area contributed by atoms with Gasteiger partial charge in [-0.3, -0.25) is 14.2 Å². The van der Waals surface area contributed by atoms with E-state index in [2.05, 4.69) is 31.4 Å². The first kappa shape index (κ1) is 22.8. The lowest BCUT2D eigenvalue weighted by molar-refractivity contribution is -0.118. The second-order valence-corrected chi connectivity index (χ2v) is 8.71. The number of hydrazone groups is 1. The van der Waals surface area contributed by atoms with Crippen LogP contribution in [0.3, 0.4) is 0 Å². The van der Waals surface area contributed by atoms with E-state index in [1.165, 1.54) is 22.5 Å². The lowest BCUT2D eigenvalue weighted by Crippen LogP contribution is -2.24. The molecule has 1 heterocycles. The fourth-order valence-electron chi connectivity index (χ4n) is 3.16. The number of thioether (sulfide) groups is 1. The number of carbonyl (C=O) groups is 1. The van der Waals surface area contributed by atoms with Gasteiger partial charge in [-0.25, -0.2) is 10.4 Å². The highest BCUT2D eigenvalue weighted by atomic mass is 79.9. The Bertz CT molecular complexity index is 1390. The zero-order valence-corrected chi connectivity index (χ0v) is 20.0. The molecule has 0 saturated carbocycles. The zero-order valence-electron chi connectivity index (χ0n) is 17.6. The topological polar surface area (TPSA) is 85.6 Å². The molecule has 166 valence electrons. The Morgan fingerprint density at radius 2 is 1.91 bits per heavy atom. The molecule has 9 heteroatoms. The molecule has 1 amide bonds. The summed E-state index contributed by atoms with van der Waals surface area (Å²) in [5.41, 5.74) is 4.30. The molecular weight excluding hydrogens is 504 g/mol. The van der Waals surface area contributed by atoms with Crippen LogP contribution in [0.25, 0.3) is 16.6 Å². The minimum absolute atomic E-state index is 0.0323. The van der Waals surface area contributed by atoms with E-state index in [0.717, 1.165) is 4.47 Å². The summed E-state index contributed by atoms with van der Waals surface area (Å²) in [6.45, 7) is 0. The summed E-state index contributed by atoms with van der Waals surface area (Å²) in [5, 5.41) is 4.97. The van der Waals surface area contributed by atoms with Gasteiger partial charge in [-0.2, -0.15) is 5.10 Å². The summed E-state index contributed by atoms with van der Waals surface area (Å²) in [6, 6.07) is 21.9. The first-order valence-corrected chi connectivity index (χ1v) is 11.7. The molecule has 4 aromatic rings. The average Bonchev–Trinajstić information content (AvgIpc) is 2.83. The number of nitrogens with zero attached hydrogens (tertiary/aromatic N) is 3. The maximum absolute atomic E-state index is 13.2. The van der Waals surface area contributed by atoms with E-state index in [9.17, 15) is 9.59 Å². The van der Waals surface area contributed by atoms with Gasteiger partial charge in [0.25, 0.3) is 11.5 Å². The highest BCUT2D eigenvalue weighted by Crippen LogP contribution is 2.22. The van der Waals surface area contributed by atoms with Crippen molar-refractivity contribution in [2.75, 3.05) is 12.9 Å². The number of carbonyl (C=O) groups excluding carboxylic acids is 1. The fourth-order valence-corrected chi connectivity index (χ4v) is 4.34. The lowest BCUT2D eigenvalue weighted by Gasteiger charge is -2.12. The smallest absolute Gasteiger partial charge is 0.266 e. The molecule has 33 heavy (non-hydrogen) atoms. The fraction of sp³-hybridized carbons (Fsp3) is 0.0833. The number of rotatable bonds is 7. The van der Waals surface area contributed by atoms with Crippen molar-refractivity contribution >= 4 is 50.7 Å². The second kappa shape index (κ2) is 10.5. The van der Waals surface area contributed by atoms with Crippen LogP contribution in [0, 0.1) is 0 Å². The van der Waals surface area contributed by atoms with E-state index in [1.54, 1.807) is 31.4 Å². The second-order valence-electron chi connectivity index (χ2n) is 6.86. The normalized spacial score (nSPS) is 11.1. The van der Waals surface area contributed by atoms with Gasteiger partial charge in [0.15, 0.2) is 5.16 Å². The van der Waals surface area contributed by atoms with E-state index in [1.807, 2.05) is 48.5 Å². The highest BCUT2D eigenvalue weighted by molar-refractivity contribution is 9.10. The third kappa shape index (κ3) is 5.32. The molecular formula is C24H19BrN4O3S. The van der Waals surface area contributed by atoms with E-state index in [4.69, 9.17) is 4.74 Å². The minimum atomic E-state index is -0.327. The van der Waals surface area contributed by atoms with Crippen LogP contribution in [-0.2, 0) is 4.79 Å². The van der Waals surface area contributed by atoms with Crippen molar-refractivity contribution in [1.29, 1.82) is 0 Å². The number of fused-ring (bicyclic) bond motifs is 1. The predicted molar refractivity (Wildman–Crippen MR) is 134 cm³/mol. The summed E-state index contributed by atoms with van der Waals surface area (Å²) >= 11 is 4.57. The molecule has 0 aliphatic heterocycles. The van der Waals surface area contributed by atoms with Gasteiger partial charge in [0.2, 0.25) is 0 Å². The first-order valence-electron chi connectivity index (χ1n) is 9.92. The summed E-state index contributed by atoms with van der Waals surface area (Å²) in [5.74, 6) is 0.343. The minimum Gasteiger partial charge on any atom is -0.496 e. The van der Waals surface area contributed by atoms with Crippen molar-refractivity contribution in [3.8, 4) is 11.4 Å². The third-order valence-corrected chi connectivity index (χ3v) is 6.11. The molecule has 0 aliphatic carbocycles. The summed E-state index contributed by atoms with van der Waals surface area (Å²) < 4.78 is 7.69. The highest BCUT2D eigenvalue weighted by Gasteiger charge is 2.14. The average molecular weight is 523 g/mol. The maximum atomic E-state index is 13.2. The quantitative estimate of drug-likeness (QED) is 0.168. The number of hydrogen-bond acceptors (Lipinski definition) is 6. The molecule has 0 unspecified atom stereocenters. The van der Waals surface area contributed by atoms with Crippen LogP contribution in [0.5, 0.6) is 5.75 Å². The Labute approximate surface area is 202 Å². The van der Waals surface area contributed by atoms with Crippen LogP contribution in [0.4, 0.5) is 0 Å². The number of nitrogens with one attached hydrogen (secondary N) is 1. The van der Waals surface area contributed by atoms with Gasteiger partial charge in [0.1, 0.15) is 5.75 Å². The van der Waals surface area contributed by atoms with Crippen LogP contribution in [0.1, 0.15) is 5.56 Å². The van der Waals surface area contributed by atoms with Gasteiger partial charge in [0.05, 0.1) is 35.7 Å². The number of methoxy groups -OCH3 is 1. The Morgan fingerprint density at radius 1 is 1.15 bits per heavy atom. The molecule has 7 nitrogen and oxygen atoms in total. The number of amides is 1. The number of ether oxygens (including phenoxy) is 1. The van der Waals surface area contributed by atoms with Crippen molar-refractivity contribution < 1.29 is 9.53 Å². The van der Waals surface area contributed by atoms with Crippen molar-refractivity contribution in [3.05, 3.63) is 93.2 Å². The molecule has 0 spiro atoms. The maximum Gasteiger partial charge on any atom is 0.266 e. The van der Waals surface area contributed by atoms with E-state index in [-0.39, 0.29) is 17.2 Å². The van der Waals surface area contributed by atoms with E-state index in [0.29, 0.717) is 33.1 Å². The Morgan fingerprint density at radius 3 is 2.70 bits per heavy atom. The first-order chi connectivity index (χ1) is 16.1. The molecule has 3 aromatic carbocycles. The Hall–Kier alpha value is -3.43. The SMILES string of the molecule is COc1ccc(Br)cc1C=NNC(=O)CSc1nc2ccccc2c(=O)n1-c1ccccc1.